The van der Waals surface area contributed by atoms with Gasteiger partial charge in [-0.15, -0.1) is 5.10 Å². The zero-order valence-corrected chi connectivity index (χ0v) is 16.1. The van der Waals surface area contributed by atoms with Crippen LogP contribution >= 0.6 is 0 Å². The number of nitrogen functional groups attached to an aromatic ring is 1. The SMILES string of the molecule is Nc1nc2cccc(-c3ccc(CNc4ncccn4)cc3)n2n1.O=C(O)C1CC1. The summed E-state index contributed by atoms with van der Waals surface area (Å²) in [5, 5.41) is 15.5. The number of nitrogens with zero attached hydrogens (tertiary/aromatic N) is 5. The van der Waals surface area contributed by atoms with Crippen LogP contribution in [0.3, 0.4) is 0 Å². The Labute approximate surface area is 172 Å². The number of carbonyl (C=O) groups is 1. The molecule has 9 nitrogen and oxygen atoms in total. The number of aliphatic carboxylic acids is 1. The van der Waals surface area contributed by atoms with Crippen LogP contribution in [0.2, 0.25) is 0 Å². The van der Waals surface area contributed by atoms with Crippen molar-refractivity contribution in [1.29, 1.82) is 0 Å². The molecule has 9 heteroatoms. The van der Waals surface area contributed by atoms with Crippen molar-refractivity contribution >= 4 is 23.5 Å². The predicted octanol–water partition coefficient (Wildman–Crippen LogP) is 2.86. The van der Waals surface area contributed by atoms with Gasteiger partial charge in [-0.3, -0.25) is 4.79 Å². The number of pyridine rings is 1. The zero-order valence-electron chi connectivity index (χ0n) is 16.1. The lowest BCUT2D eigenvalue weighted by Gasteiger charge is -2.07. The van der Waals surface area contributed by atoms with Gasteiger partial charge in [0.25, 0.3) is 0 Å². The van der Waals surface area contributed by atoms with Crippen molar-refractivity contribution in [3.05, 3.63) is 66.5 Å². The fourth-order valence-electron chi connectivity index (χ4n) is 2.84. The van der Waals surface area contributed by atoms with Crippen LogP contribution in [0.4, 0.5) is 11.9 Å². The van der Waals surface area contributed by atoms with Crippen molar-refractivity contribution in [3.63, 3.8) is 0 Å². The van der Waals surface area contributed by atoms with E-state index in [0.29, 0.717) is 12.5 Å². The number of aromatic nitrogens is 5. The van der Waals surface area contributed by atoms with Gasteiger partial charge in [0.1, 0.15) is 0 Å². The van der Waals surface area contributed by atoms with E-state index in [9.17, 15) is 4.79 Å². The Morgan fingerprint density at radius 3 is 2.47 bits per heavy atom. The lowest BCUT2D eigenvalue weighted by Crippen LogP contribution is -2.02. The summed E-state index contributed by atoms with van der Waals surface area (Å²) in [5.74, 6) is 0.274. The molecule has 0 amide bonds. The first-order valence-electron chi connectivity index (χ1n) is 9.54. The summed E-state index contributed by atoms with van der Waals surface area (Å²) >= 11 is 0. The molecule has 152 valence electrons. The molecular weight excluding hydrogens is 382 g/mol. The van der Waals surface area contributed by atoms with Gasteiger partial charge in [0.2, 0.25) is 11.9 Å². The second kappa shape index (κ2) is 8.56. The number of anilines is 2. The van der Waals surface area contributed by atoms with Crippen molar-refractivity contribution in [2.24, 2.45) is 5.92 Å². The van der Waals surface area contributed by atoms with Crippen LogP contribution in [0.15, 0.2) is 60.9 Å². The number of carboxylic acid groups (broad SMARTS) is 1. The molecule has 0 atom stereocenters. The molecule has 3 heterocycles. The summed E-state index contributed by atoms with van der Waals surface area (Å²) in [6, 6.07) is 15.8. The molecule has 0 unspecified atom stereocenters. The summed E-state index contributed by atoms with van der Waals surface area (Å²) in [7, 11) is 0. The second-order valence-electron chi connectivity index (χ2n) is 6.89. The van der Waals surface area contributed by atoms with E-state index in [-0.39, 0.29) is 11.9 Å². The van der Waals surface area contributed by atoms with E-state index in [1.165, 1.54) is 0 Å². The molecule has 1 aliphatic carbocycles. The van der Waals surface area contributed by atoms with Gasteiger partial charge in [0.05, 0.1) is 11.6 Å². The summed E-state index contributed by atoms with van der Waals surface area (Å²) in [6.45, 7) is 0.658. The molecule has 4 N–H and O–H groups in total. The van der Waals surface area contributed by atoms with E-state index in [4.69, 9.17) is 10.8 Å². The first kappa shape index (κ1) is 19.3. The first-order valence-corrected chi connectivity index (χ1v) is 9.54. The molecule has 0 radical (unpaired) electrons. The fraction of sp³-hybridized carbons (Fsp3) is 0.190. The third-order valence-corrected chi connectivity index (χ3v) is 4.57. The Hall–Kier alpha value is -4.01. The number of rotatable bonds is 5. The lowest BCUT2D eigenvalue weighted by atomic mass is 10.1. The Kier molecular flexibility index (Phi) is 5.51. The van der Waals surface area contributed by atoms with Crippen molar-refractivity contribution < 1.29 is 9.90 Å². The minimum atomic E-state index is -0.630. The van der Waals surface area contributed by atoms with Gasteiger partial charge in [-0.05, 0) is 36.6 Å². The lowest BCUT2D eigenvalue weighted by molar-refractivity contribution is -0.138. The minimum absolute atomic E-state index is 0.0185. The third kappa shape index (κ3) is 4.69. The highest BCUT2D eigenvalue weighted by Gasteiger charge is 2.28. The predicted molar refractivity (Wildman–Crippen MR) is 113 cm³/mol. The summed E-state index contributed by atoms with van der Waals surface area (Å²) in [5.41, 5.74) is 9.56. The van der Waals surface area contributed by atoms with Gasteiger partial charge in [-0.2, -0.15) is 4.98 Å². The van der Waals surface area contributed by atoms with Crippen LogP contribution in [-0.4, -0.2) is 35.6 Å². The van der Waals surface area contributed by atoms with Gasteiger partial charge in [0.15, 0.2) is 5.65 Å². The zero-order chi connectivity index (χ0) is 20.9. The van der Waals surface area contributed by atoms with Crippen LogP contribution in [0.5, 0.6) is 0 Å². The van der Waals surface area contributed by atoms with Crippen molar-refractivity contribution in [1.82, 2.24) is 24.6 Å². The third-order valence-electron chi connectivity index (χ3n) is 4.57. The average Bonchev–Trinajstić information content (AvgIpc) is 3.55. The number of hydrogen-bond donors (Lipinski definition) is 3. The Morgan fingerprint density at radius 2 is 1.83 bits per heavy atom. The molecule has 1 fully saturated rings. The summed E-state index contributed by atoms with van der Waals surface area (Å²) in [6.07, 6.45) is 5.22. The molecule has 4 aromatic rings. The molecular formula is C21H21N7O2. The van der Waals surface area contributed by atoms with Crippen LogP contribution in [0.25, 0.3) is 16.9 Å². The molecule has 0 saturated heterocycles. The number of nitrogens with one attached hydrogen (secondary N) is 1. The van der Waals surface area contributed by atoms with Gasteiger partial charge < -0.3 is 16.2 Å². The van der Waals surface area contributed by atoms with E-state index in [0.717, 1.165) is 35.3 Å². The standard InChI is InChI=1S/C17H15N7.C4H6O2/c18-16-22-15-4-1-3-14(24(15)23-16)13-7-5-12(6-8-13)11-21-17-19-9-2-10-20-17;5-4(6)3-1-2-3/h1-10H,11H2,(H2,18,23)(H,19,20,21);3H,1-2H2,(H,5,6). The summed E-state index contributed by atoms with van der Waals surface area (Å²) < 4.78 is 1.75. The Balaban J connectivity index is 0.000000313. The van der Waals surface area contributed by atoms with E-state index < -0.39 is 5.97 Å². The van der Waals surface area contributed by atoms with E-state index in [2.05, 4.69) is 49.6 Å². The van der Waals surface area contributed by atoms with Crippen LogP contribution in [0, 0.1) is 5.92 Å². The maximum absolute atomic E-state index is 9.76. The molecule has 0 aliphatic heterocycles. The molecule has 1 saturated carbocycles. The highest BCUT2D eigenvalue weighted by molar-refractivity contribution is 5.72. The normalized spacial score (nSPS) is 12.8. The second-order valence-corrected chi connectivity index (χ2v) is 6.89. The monoisotopic (exact) mass is 403 g/mol. The quantitative estimate of drug-likeness (QED) is 0.463. The van der Waals surface area contributed by atoms with Crippen molar-refractivity contribution in [2.45, 2.75) is 19.4 Å². The molecule has 0 spiro atoms. The maximum atomic E-state index is 9.76. The van der Waals surface area contributed by atoms with Gasteiger partial charge in [-0.1, -0.05) is 30.3 Å². The highest BCUT2D eigenvalue weighted by Crippen LogP contribution is 2.28. The number of benzene rings is 1. The first-order chi connectivity index (χ1) is 14.6. The van der Waals surface area contributed by atoms with Crippen LogP contribution in [-0.2, 0) is 11.3 Å². The smallest absolute Gasteiger partial charge is 0.306 e. The molecule has 5 rings (SSSR count). The molecule has 0 bridgehead atoms. The van der Waals surface area contributed by atoms with E-state index >= 15 is 0 Å². The molecule has 30 heavy (non-hydrogen) atoms. The molecule has 1 aromatic carbocycles. The van der Waals surface area contributed by atoms with E-state index in [1.54, 1.807) is 23.0 Å². The Morgan fingerprint density at radius 1 is 1.10 bits per heavy atom. The van der Waals surface area contributed by atoms with Crippen LogP contribution < -0.4 is 11.1 Å². The number of hydrogen-bond acceptors (Lipinski definition) is 7. The van der Waals surface area contributed by atoms with Crippen LogP contribution in [0.1, 0.15) is 18.4 Å². The fourth-order valence-corrected chi connectivity index (χ4v) is 2.84. The summed E-state index contributed by atoms with van der Waals surface area (Å²) in [4.78, 5) is 22.2. The molecule has 3 aromatic heterocycles. The minimum Gasteiger partial charge on any atom is -0.481 e. The van der Waals surface area contributed by atoms with Gasteiger partial charge in [-0.25, -0.2) is 14.5 Å². The average molecular weight is 403 g/mol. The van der Waals surface area contributed by atoms with Crippen molar-refractivity contribution in [2.75, 3.05) is 11.1 Å². The topological polar surface area (TPSA) is 131 Å². The number of fused-ring (bicyclic) bond motifs is 1. The maximum Gasteiger partial charge on any atom is 0.306 e. The van der Waals surface area contributed by atoms with Gasteiger partial charge in [0, 0.05) is 24.5 Å². The van der Waals surface area contributed by atoms with E-state index in [1.807, 2.05) is 18.2 Å². The van der Waals surface area contributed by atoms with Crippen molar-refractivity contribution in [3.8, 4) is 11.3 Å². The molecule has 1 aliphatic rings. The van der Waals surface area contributed by atoms with Gasteiger partial charge >= 0.3 is 5.97 Å². The number of carboxylic acids is 1. The Bertz CT molecular complexity index is 1140. The highest BCUT2D eigenvalue weighted by atomic mass is 16.4. The number of nitrogens with two attached hydrogens (primary N) is 1. The largest absolute Gasteiger partial charge is 0.481 e.